The van der Waals surface area contributed by atoms with Gasteiger partial charge in [-0.3, -0.25) is 0 Å². The van der Waals surface area contributed by atoms with Crippen molar-refractivity contribution < 1.29 is 9.47 Å². The van der Waals surface area contributed by atoms with Crippen LogP contribution in [-0.4, -0.2) is 19.2 Å². The molecule has 1 aliphatic heterocycles. The van der Waals surface area contributed by atoms with E-state index in [1.54, 1.807) is 0 Å². The predicted octanol–water partition coefficient (Wildman–Crippen LogP) is 4.41. The number of hydrogen-bond acceptors (Lipinski definition) is 3. The van der Waals surface area contributed by atoms with Crippen LogP contribution in [0.15, 0.2) is 53.5 Å². The van der Waals surface area contributed by atoms with Crippen LogP contribution in [0.25, 0.3) is 0 Å². The number of hydrogen-bond donors (Lipinski definition) is 2. The number of halogens is 1. The minimum atomic E-state index is 0. The Labute approximate surface area is 178 Å². The molecule has 0 saturated heterocycles. The van der Waals surface area contributed by atoms with E-state index in [0.29, 0.717) is 19.1 Å². The summed E-state index contributed by atoms with van der Waals surface area (Å²) in [7, 11) is 0. The Morgan fingerprint density at radius 2 is 2.11 bits per heavy atom. The first-order valence-electron chi connectivity index (χ1n) is 9.26. The first-order valence-corrected chi connectivity index (χ1v) is 9.26. The lowest BCUT2D eigenvalue weighted by Crippen LogP contribution is -2.37. The summed E-state index contributed by atoms with van der Waals surface area (Å²) in [6.07, 6.45) is 3.06. The number of nitrogens with zero attached hydrogens (tertiary/aromatic N) is 1. The molecule has 2 aromatic rings. The quantitative estimate of drug-likeness (QED) is 0.266. The molecule has 0 spiro atoms. The summed E-state index contributed by atoms with van der Waals surface area (Å²) in [5.74, 6) is 2.25. The van der Waals surface area contributed by atoms with Gasteiger partial charge < -0.3 is 20.5 Å². The normalized spacial score (nSPS) is 15.9. The van der Waals surface area contributed by atoms with Gasteiger partial charge in [-0.25, -0.2) is 4.99 Å². The molecule has 3 N–H and O–H groups in total. The van der Waals surface area contributed by atoms with Gasteiger partial charge in [0.2, 0.25) is 0 Å². The maximum absolute atomic E-state index is 6.11. The summed E-state index contributed by atoms with van der Waals surface area (Å²) in [5, 5.41) is 3.32. The minimum absolute atomic E-state index is 0. The average Bonchev–Trinajstić information content (AvgIpc) is 2.67. The standard InChI is InChI=1S/C21H27N3O2.HI/c1-2-3-12-25-17-8-6-7-16(14-17)15-23-21(22)24-19-11-13-26-20-10-5-4-9-18(19)20;/h4-10,14,19H,2-3,11-13,15H2,1H3,(H3,22,23,24);1H. The van der Waals surface area contributed by atoms with Crippen molar-refractivity contribution in [3.63, 3.8) is 0 Å². The maximum Gasteiger partial charge on any atom is 0.189 e. The zero-order valence-electron chi connectivity index (χ0n) is 15.7. The van der Waals surface area contributed by atoms with Crippen molar-refractivity contribution in [3.8, 4) is 11.5 Å². The van der Waals surface area contributed by atoms with E-state index >= 15 is 0 Å². The lowest BCUT2D eigenvalue weighted by Gasteiger charge is -2.26. The topological polar surface area (TPSA) is 68.9 Å². The highest BCUT2D eigenvalue weighted by Crippen LogP contribution is 2.31. The van der Waals surface area contributed by atoms with E-state index in [-0.39, 0.29) is 30.0 Å². The molecule has 1 unspecified atom stereocenters. The van der Waals surface area contributed by atoms with E-state index in [1.165, 1.54) is 0 Å². The highest BCUT2D eigenvalue weighted by atomic mass is 127. The molecule has 27 heavy (non-hydrogen) atoms. The Morgan fingerprint density at radius 1 is 1.26 bits per heavy atom. The number of rotatable bonds is 7. The van der Waals surface area contributed by atoms with Crippen molar-refractivity contribution in [2.24, 2.45) is 10.7 Å². The van der Waals surface area contributed by atoms with E-state index < -0.39 is 0 Å². The molecule has 5 nitrogen and oxygen atoms in total. The number of ether oxygens (including phenoxy) is 2. The number of unbranched alkanes of at least 4 members (excludes halogenated alkanes) is 1. The SMILES string of the molecule is CCCCOc1cccc(CN=C(N)NC2CCOc3ccccc32)c1.I. The van der Waals surface area contributed by atoms with Crippen molar-refractivity contribution in [3.05, 3.63) is 59.7 Å². The van der Waals surface area contributed by atoms with Gasteiger partial charge in [0, 0.05) is 12.0 Å². The number of para-hydroxylation sites is 1. The molecular weight excluding hydrogens is 453 g/mol. The zero-order valence-corrected chi connectivity index (χ0v) is 18.0. The second kappa shape index (κ2) is 11.0. The van der Waals surface area contributed by atoms with E-state index in [1.807, 2.05) is 42.5 Å². The highest BCUT2D eigenvalue weighted by molar-refractivity contribution is 14.0. The van der Waals surface area contributed by atoms with Crippen LogP contribution in [0.1, 0.15) is 43.4 Å². The van der Waals surface area contributed by atoms with E-state index in [0.717, 1.165) is 48.5 Å². The molecule has 0 bridgehead atoms. The molecule has 0 aliphatic carbocycles. The van der Waals surface area contributed by atoms with E-state index in [9.17, 15) is 0 Å². The third-order valence-corrected chi connectivity index (χ3v) is 4.38. The number of guanidine groups is 1. The molecule has 6 heteroatoms. The van der Waals surface area contributed by atoms with Crippen molar-refractivity contribution >= 4 is 29.9 Å². The average molecular weight is 481 g/mol. The predicted molar refractivity (Wildman–Crippen MR) is 120 cm³/mol. The van der Waals surface area contributed by atoms with Crippen LogP contribution in [0, 0.1) is 0 Å². The molecule has 0 amide bonds. The molecule has 1 aliphatic rings. The lowest BCUT2D eigenvalue weighted by molar-refractivity contribution is 0.262. The van der Waals surface area contributed by atoms with Crippen molar-refractivity contribution in [2.45, 2.75) is 38.8 Å². The number of aliphatic imine (C=N–C) groups is 1. The van der Waals surface area contributed by atoms with Crippen LogP contribution in [0.3, 0.4) is 0 Å². The Hall–Kier alpha value is -1.96. The van der Waals surface area contributed by atoms with Gasteiger partial charge in [0.15, 0.2) is 5.96 Å². The van der Waals surface area contributed by atoms with Crippen LogP contribution in [0.2, 0.25) is 0 Å². The summed E-state index contributed by atoms with van der Waals surface area (Å²) in [6.45, 7) is 4.10. The van der Waals surface area contributed by atoms with Crippen molar-refractivity contribution in [2.75, 3.05) is 13.2 Å². The third kappa shape index (κ3) is 6.30. The number of benzene rings is 2. The van der Waals surface area contributed by atoms with Gasteiger partial charge in [0.25, 0.3) is 0 Å². The van der Waals surface area contributed by atoms with Gasteiger partial charge in [-0.2, -0.15) is 0 Å². The van der Waals surface area contributed by atoms with Crippen LogP contribution in [0.4, 0.5) is 0 Å². The van der Waals surface area contributed by atoms with Gasteiger partial charge in [0.1, 0.15) is 11.5 Å². The smallest absolute Gasteiger partial charge is 0.189 e. The van der Waals surface area contributed by atoms with Crippen LogP contribution in [-0.2, 0) is 6.54 Å². The van der Waals surface area contributed by atoms with Crippen molar-refractivity contribution in [1.29, 1.82) is 0 Å². The Morgan fingerprint density at radius 3 is 2.96 bits per heavy atom. The van der Waals surface area contributed by atoms with Gasteiger partial charge in [-0.05, 0) is 30.2 Å². The molecular formula is C21H28IN3O2. The molecule has 146 valence electrons. The van der Waals surface area contributed by atoms with Crippen LogP contribution < -0.4 is 20.5 Å². The van der Waals surface area contributed by atoms with E-state index in [2.05, 4.69) is 23.3 Å². The Kier molecular flexibility index (Phi) is 8.71. The summed E-state index contributed by atoms with van der Waals surface area (Å²) in [5.41, 5.74) is 8.32. The molecule has 0 fully saturated rings. The minimum Gasteiger partial charge on any atom is -0.494 e. The zero-order chi connectivity index (χ0) is 18.2. The molecule has 0 aromatic heterocycles. The third-order valence-electron chi connectivity index (χ3n) is 4.38. The van der Waals surface area contributed by atoms with E-state index in [4.69, 9.17) is 15.2 Å². The van der Waals surface area contributed by atoms with Gasteiger partial charge in [0.05, 0.1) is 25.8 Å². The first-order chi connectivity index (χ1) is 12.8. The second-order valence-corrected chi connectivity index (χ2v) is 6.42. The number of fused-ring (bicyclic) bond motifs is 1. The highest BCUT2D eigenvalue weighted by Gasteiger charge is 2.21. The molecule has 1 atom stereocenters. The fraction of sp³-hybridized carbons (Fsp3) is 0.381. The van der Waals surface area contributed by atoms with Gasteiger partial charge >= 0.3 is 0 Å². The molecule has 0 saturated carbocycles. The van der Waals surface area contributed by atoms with Crippen LogP contribution in [0.5, 0.6) is 11.5 Å². The fourth-order valence-corrected chi connectivity index (χ4v) is 2.96. The monoisotopic (exact) mass is 481 g/mol. The van der Waals surface area contributed by atoms with Gasteiger partial charge in [-0.15, -0.1) is 24.0 Å². The summed E-state index contributed by atoms with van der Waals surface area (Å²) in [4.78, 5) is 4.49. The second-order valence-electron chi connectivity index (χ2n) is 6.42. The van der Waals surface area contributed by atoms with Crippen molar-refractivity contribution in [1.82, 2.24) is 5.32 Å². The first kappa shape index (κ1) is 21.3. The summed E-state index contributed by atoms with van der Waals surface area (Å²) in [6, 6.07) is 16.2. The molecule has 2 aromatic carbocycles. The van der Waals surface area contributed by atoms with Gasteiger partial charge in [-0.1, -0.05) is 43.7 Å². The molecule has 0 radical (unpaired) electrons. The number of nitrogens with two attached hydrogens (primary N) is 1. The maximum atomic E-state index is 6.11. The summed E-state index contributed by atoms with van der Waals surface area (Å²) < 4.78 is 11.4. The lowest BCUT2D eigenvalue weighted by atomic mass is 10.0. The largest absolute Gasteiger partial charge is 0.494 e. The Balaban J connectivity index is 0.00000261. The summed E-state index contributed by atoms with van der Waals surface area (Å²) >= 11 is 0. The molecule has 1 heterocycles. The fourth-order valence-electron chi connectivity index (χ4n) is 2.96. The van der Waals surface area contributed by atoms with Crippen LogP contribution >= 0.6 is 24.0 Å². The molecule has 3 rings (SSSR count). The number of nitrogens with one attached hydrogen (secondary N) is 1. The Bertz CT molecular complexity index is 752.